The molecule has 94 valence electrons. The average Bonchev–Trinajstić information content (AvgIpc) is 2.81. The molecule has 1 unspecified atom stereocenters. The van der Waals surface area contributed by atoms with Crippen LogP contribution in [0.15, 0.2) is 23.2 Å². The summed E-state index contributed by atoms with van der Waals surface area (Å²) < 4.78 is 26.1. The van der Waals surface area contributed by atoms with E-state index in [-0.39, 0.29) is 16.8 Å². The lowest BCUT2D eigenvalue weighted by Crippen LogP contribution is -2.37. The third kappa shape index (κ3) is 2.41. The highest BCUT2D eigenvalue weighted by atomic mass is 32.2. The fourth-order valence-corrected chi connectivity index (χ4v) is 4.59. The van der Waals surface area contributed by atoms with E-state index >= 15 is 0 Å². The third-order valence-corrected chi connectivity index (χ3v) is 5.98. The van der Waals surface area contributed by atoms with Gasteiger partial charge in [0.1, 0.15) is 10.7 Å². The summed E-state index contributed by atoms with van der Waals surface area (Å²) in [5, 5.41) is 0. The molecule has 7 heteroatoms. The van der Waals surface area contributed by atoms with Crippen LogP contribution < -0.4 is 5.73 Å². The highest BCUT2D eigenvalue weighted by molar-refractivity contribution is 7.99. The summed E-state index contributed by atoms with van der Waals surface area (Å²) in [6.07, 6.45) is 2.38. The van der Waals surface area contributed by atoms with Crippen molar-refractivity contribution in [1.82, 2.24) is 9.29 Å². The predicted molar refractivity (Wildman–Crippen MR) is 69.3 cm³/mol. The van der Waals surface area contributed by atoms with E-state index in [9.17, 15) is 8.42 Å². The zero-order valence-electron chi connectivity index (χ0n) is 9.54. The number of pyridine rings is 1. The fourth-order valence-electron chi connectivity index (χ4n) is 1.78. The molecular formula is C10H15N3O2S2. The summed E-state index contributed by atoms with van der Waals surface area (Å²) in [4.78, 5) is 3.92. The van der Waals surface area contributed by atoms with E-state index in [1.54, 1.807) is 24.9 Å². The van der Waals surface area contributed by atoms with Gasteiger partial charge in [-0.05, 0) is 24.3 Å². The normalized spacial score (nSPS) is 20.9. The molecular weight excluding hydrogens is 258 g/mol. The molecule has 5 nitrogen and oxygen atoms in total. The van der Waals surface area contributed by atoms with Gasteiger partial charge in [-0.2, -0.15) is 16.1 Å². The molecule has 1 saturated heterocycles. The van der Waals surface area contributed by atoms with E-state index in [1.807, 2.05) is 0 Å². The van der Waals surface area contributed by atoms with Crippen LogP contribution >= 0.6 is 11.8 Å². The Morgan fingerprint density at radius 1 is 1.59 bits per heavy atom. The van der Waals surface area contributed by atoms with Crippen molar-refractivity contribution in [1.29, 1.82) is 0 Å². The molecule has 1 aliphatic heterocycles. The Balaban J connectivity index is 2.33. The quantitative estimate of drug-likeness (QED) is 0.881. The van der Waals surface area contributed by atoms with Crippen molar-refractivity contribution < 1.29 is 8.42 Å². The van der Waals surface area contributed by atoms with Gasteiger partial charge in [-0.1, -0.05) is 0 Å². The van der Waals surface area contributed by atoms with Crippen molar-refractivity contribution in [3.8, 4) is 0 Å². The first-order valence-corrected chi connectivity index (χ1v) is 7.89. The summed E-state index contributed by atoms with van der Waals surface area (Å²) in [7, 11) is -1.91. The molecule has 2 rings (SSSR count). The zero-order chi connectivity index (χ0) is 12.5. The summed E-state index contributed by atoms with van der Waals surface area (Å²) >= 11 is 1.77. The van der Waals surface area contributed by atoms with Crippen LogP contribution in [-0.4, -0.2) is 42.3 Å². The zero-order valence-corrected chi connectivity index (χ0v) is 11.2. The summed E-state index contributed by atoms with van der Waals surface area (Å²) in [6.45, 7) is 0. The number of hydrogen-bond donors (Lipinski definition) is 1. The van der Waals surface area contributed by atoms with E-state index in [0.717, 1.165) is 17.9 Å². The first-order chi connectivity index (χ1) is 8.03. The molecule has 1 aromatic rings. The van der Waals surface area contributed by atoms with Crippen LogP contribution in [-0.2, 0) is 10.0 Å². The van der Waals surface area contributed by atoms with E-state index < -0.39 is 10.0 Å². The molecule has 0 radical (unpaired) electrons. The van der Waals surface area contributed by atoms with E-state index in [2.05, 4.69) is 4.98 Å². The molecule has 0 amide bonds. The lowest BCUT2D eigenvalue weighted by Gasteiger charge is -2.23. The Bertz CT molecular complexity index is 498. The Hall–Kier alpha value is -0.790. The molecule has 0 spiro atoms. The van der Waals surface area contributed by atoms with Crippen molar-refractivity contribution in [3.63, 3.8) is 0 Å². The Labute approximate surface area is 105 Å². The molecule has 2 heterocycles. The second-order valence-electron chi connectivity index (χ2n) is 3.93. The van der Waals surface area contributed by atoms with Gasteiger partial charge >= 0.3 is 0 Å². The Kier molecular flexibility index (Phi) is 3.60. The lowest BCUT2D eigenvalue weighted by atomic mass is 10.3. The van der Waals surface area contributed by atoms with Crippen molar-refractivity contribution in [2.24, 2.45) is 0 Å². The van der Waals surface area contributed by atoms with Crippen molar-refractivity contribution in [3.05, 3.63) is 18.3 Å². The number of nitrogens with two attached hydrogens (primary N) is 1. The van der Waals surface area contributed by atoms with Crippen molar-refractivity contribution in [2.45, 2.75) is 17.4 Å². The van der Waals surface area contributed by atoms with Gasteiger partial charge in [0.05, 0.1) is 0 Å². The Morgan fingerprint density at radius 3 is 2.94 bits per heavy atom. The smallest absolute Gasteiger partial charge is 0.246 e. The first kappa shape index (κ1) is 12.7. The second-order valence-corrected chi connectivity index (χ2v) is 7.04. The van der Waals surface area contributed by atoms with Crippen LogP contribution in [0, 0.1) is 0 Å². The largest absolute Gasteiger partial charge is 0.383 e. The topological polar surface area (TPSA) is 76.3 Å². The number of rotatable bonds is 3. The number of sulfonamides is 1. The number of thioether (sulfide) groups is 1. The number of hydrogen-bond acceptors (Lipinski definition) is 5. The minimum absolute atomic E-state index is 0.0598. The van der Waals surface area contributed by atoms with Gasteiger partial charge in [-0.25, -0.2) is 13.4 Å². The van der Waals surface area contributed by atoms with Crippen LogP contribution in [0.25, 0.3) is 0 Å². The van der Waals surface area contributed by atoms with Gasteiger partial charge in [-0.15, -0.1) is 0 Å². The van der Waals surface area contributed by atoms with Gasteiger partial charge in [0.15, 0.2) is 0 Å². The highest BCUT2D eigenvalue weighted by Gasteiger charge is 2.31. The molecule has 2 N–H and O–H groups in total. The fraction of sp³-hybridized carbons (Fsp3) is 0.500. The highest BCUT2D eigenvalue weighted by Crippen LogP contribution is 2.27. The standard InChI is InChI=1S/C10H15N3O2S2/c1-13(8-4-6-16-7-8)17(14,15)9-3-2-5-12-10(9)11/h2-3,5,8H,4,6-7H2,1H3,(H2,11,12). The third-order valence-electron chi connectivity index (χ3n) is 2.88. The molecule has 1 aromatic heterocycles. The molecule has 0 aromatic carbocycles. The van der Waals surface area contributed by atoms with Crippen LogP contribution in [0.1, 0.15) is 6.42 Å². The molecule has 0 aliphatic carbocycles. The molecule has 1 fully saturated rings. The van der Waals surface area contributed by atoms with E-state index in [4.69, 9.17) is 5.73 Å². The lowest BCUT2D eigenvalue weighted by molar-refractivity contribution is 0.395. The summed E-state index contributed by atoms with van der Waals surface area (Å²) in [5.41, 5.74) is 5.62. The maximum Gasteiger partial charge on any atom is 0.246 e. The number of anilines is 1. The van der Waals surface area contributed by atoms with Crippen LogP contribution in [0.3, 0.4) is 0 Å². The van der Waals surface area contributed by atoms with Gasteiger partial charge in [0, 0.05) is 25.0 Å². The van der Waals surface area contributed by atoms with Crippen LogP contribution in [0.2, 0.25) is 0 Å². The molecule has 1 atom stereocenters. The van der Waals surface area contributed by atoms with Crippen LogP contribution in [0.4, 0.5) is 5.82 Å². The van der Waals surface area contributed by atoms with Gasteiger partial charge < -0.3 is 5.73 Å². The first-order valence-electron chi connectivity index (χ1n) is 5.30. The second kappa shape index (κ2) is 4.83. The van der Waals surface area contributed by atoms with Crippen LogP contribution in [0.5, 0.6) is 0 Å². The van der Waals surface area contributed by atoms with Gasteiger partial charge in [0.25, 0.3) is 0 Å². The monoisotopic (exact) mass is 273 g/mol. The maximum atomic E-state index is 12.3. The van der Waals surface area contributed by atoms with E-state index in [1.165, 1.54) is 16.6 Å². The molecule has 0 bridgehead atoms. The minimum Gasteiger partial charge on any atom is -0.383 e. The SMILES string of the molecule is CN(C1CCSC1)S(=O)(=O)c1cccnc1N. The number of nitrogens with zero attached hydrogens (tertiary/aromatic N) is 2. The predicted octanol–water partition coefficient (Wildman–Crippen LogP) is 0.790. The Morgan fingerprint density at radius 2 is 2.35 bits per heavy atom. The van der Waals surface area contributed by atoms with Crippen molar-refractivity contribution in [2.75, 3.05) is 24.3 Å². The minimum atomic E-state index is -3.52. The van der Waals surface area contributed by atoms with Gasteiger partial charge in [0.2, 0.25) is 10.0 Å². The summed E-state index contributed by atoms with van der Waals surface area (Å²) in [6, 6.07) is 3.14. The summed E-state index contributed by atoms with van der Waals surface area (Å²) in [5.74, 6) is 1.91. The van der Waals surface area contributed by atoms with Gasteiger partial charge in [-0.3, -0.25) is 0 Å². The molecule has 17 heavy (non-hydrogen) atoms. The molecule has 1 aliphatic rings. The number of nitrogen functional groups attached to an aromatic ring is 1. The molecule has 0 saturated carbocycles. The average molecular weight is 273 g/mol. The van der Waals surface area contributed by atoms with Crippen molar-refractivity contribution >= 4 is 27.6 Å². The number of aromatic nitrogens is 1. The van der Waals surface area contributed by atoms with E-state index in [0.29, 0.717) is 0 Å². The maximum absolute atomic E-state index is 12.3.